The minimum absolute atomic E-state index is 0.0901. The Kier molecular flexibility index (Phi) is 3.80. The fourth-order valence-electron chi connectivity index (χ4n) is 1.70. The van der Waals surface area contributed by atoms with Crippen LogP contribution in [0.1, 0.15) is 23.2 Å². The highest BCUT2D eigenvalue weighted by Crippen LogP contribution is 2.29. The highest BCUT2D eigenvalue weighted by molar-refractivity contribution is 6.32. The molecule has 0 atom stereocenters. The van der Waals surface area contributed by atoms with Crippen LogP contribution in [-0.4, -0.2) is 25.6 Å². The Bertz CT molecular complexity index is 373. The molecule has 0 unspecified atom stereocenters. The van der Waals surface area contributed by atoms with Gasteiger partial charge in [-0.15, -0.1) is 0 Å². The van der Waals surface area contributed by atoms with Gasteiger partial charge in [0.05, 0.1) is 23.8 Å². The van der Waals surface area contributed by atoms with Crippen molar-refractivity contribution in [1.82, 2.24) is 0 Å². The summed E-state index contributed by atoms with van der Waals surface area (Å²) in [6.45, 7) is 1.40. The summed E-state index contributed by atoms with van der Waals surface area (Å²) < 4.78 is 11.0. The summed E-state index contributed by atoms with van der Waals surface area (Å²) in [6.07, 6.45) is 2.53. The Morgan fingerprint density at radius 3 is 2.81 bits per heavy atom. The zero-order valence-corrected chi connectivity index (χ0v) is 9.57. The van der Waals surface area contributed by atoms with E-state index in [2.05, 4.69) is 0 Å². The van der Waals surface area contributed by atoms with Crippen molar-refractivity contribution < 1.29 is 14.3 Å². The molecular formula is C12H13ClO3. The maximum Gasteiger partial charge on any atom is 0.153 e. The molecular weight excluding hydrogens is 228 g/mol. The number of rotatable bonds is 3. The molecule has 1 fully saturated rings. The summed E-state index contributed by atoms with van der Waals surface area (Å²) in [7, 11) is 0. The van der Waals surface area contributed by atoms with Crippen molar-refractivity contribution in [2.75, 3.05) is 13.2 Å². The van der Waals surface area contributed by atoms with Crippen molar-refractivity contribution >= 4 is 17.9 Å². The average Bonchev–Trinajstić information content (AvgIpc) is 2.33. The first-order valence-corrected chi connectivity index (χ1v) is 5.67. The summed E-state index contributed by atoms with van der Waals surface area (Å²) in [5.74, 6) is 0.492. The van der Waals surface area contributed by atoms with E-state index in [-0.39, 0.29) is 6.10 Å². The number of hydrogen-bond acceptors (Lipinski definition) is 3. The number of hydrogen-bond donors (Lipinski definition) is 0. The third-order valence-corrected chi connectivity index (χ3v) is 2.87. The third-order valence-electron chi connectivity index (χ3n) is 2.58. The molecule has 1 aliphatic heterocycles. The van der Waals surface area contributed by atoms with Crippen LogP contribution < -0.4 is 4.74 Å². The van der Waals surface area contributed by atoms with E-state index < -0.39 is 0 Å². The Labute approximate surface area is 99.3 Å². The first-order chi connectivity index (χ1) is 7.81. The number of para-hydroxylation sites is 1. The summed E-state index contributed by atoms with van der Waals surface area (Å²) in [5.41, 5.74) is 0.499. The second-order valence-electron chi connectivity index (χ2n) is 3.71. The van der Waals surface area contributed by atoms with Crippen molar-refractivity contribution in [3.8, 4) is 5.75 Å². The van der Waals surface area contributed by atoms with E-state index >= 15 is 0 Å². The fraction of sp³-hybridized carbons (Fsp3) is 0.417. The molecule has 0 radical (unpaired) electrons. The molecule has 0 bridgehead atoms. The van der Waals surface area contributed by atoms with Gasteiger partial charge in [0.15, 0.2) is 6.29 Å². The number of carbonyl (C=O) groups is 1. The first-order valence-electron chi connectivity index (χ1n) is 5.29. The van der Waals surface area contributed by atoms with Gasteiger partial charge in [0.25, 0.3) is 0 Å². The van der Waals surface area contributed by atoms with Crippen molar-refractivity contribution in [2.45, 2.75) is 18.9 Å². The monoisotopic (exact) mass is 240 g/mol. The first kappa shape index (κ1) is 11.4. The average molecular weight is 241 g/mol. The van der Waals surface area contributed by atoms with Gasteiger partial charge in [0.2, 0.25) is 0 Å². The number of carbonyl (C=O) groups excluding carboxylic acids is 1. The predicted octanol–water partition coefficient (Wildman–Crippen LogP) is 2.71. The molecule has 0 aromatic heterocycles. The van der Waals surface area contributed by atoms with E-state index in [1.54, 1.807) is 18.2 Å². The minimum atomic E-state index is 0.0901. The molecule has 0 aliphatic carbocycles. The number of benzene rings is 1. The van der Waals surface area contributed by atoms with Crippen molar-refractivity contribution in [3.63, 3.8) is 0 Å². The Hall–Kier alpha value is -1.06. The van der Waals surface area contributed by atoms with Gasteiger partial charge in [-0.05, 0) is 12.1 Å². The van der Waals surface area contributed by atoms with Crippen LogP contribution >= 0.6 is 11.6 Å². The summed E-state index contributed by atoms with van der Waals surface area (Å²) in [4.78, 5) is 10.9. The topological polar surface area (TPSA) is 35.5 Å². The molecule has 1 saturated heterocycles. The molecule has 0 amide bonds. The lowest BCUT2D eigenvalue weighted by atomic mass is 10.1. The Balaban J connectivity index is 2.15. The molecule has 0 spiro atoms. The van der Waals surface area contributed by atoms with E-state index in [1.807, 2.05) is 0 Å². The van der Waals surface area contributed by atoms with Crippen LogP contribution in [0.15, 0.2) is 18.2 Å². The lowest BCUT2D eigenvalue weighted by molar-refractivity contribution is 0.0254. The van der Waals surface area contributed by atoms with Gasteiger partial charge < -0.3 is 9.47 Å². The van der Waals surface area contributed by atoms with E-state index in [4.69, 9.17) is 21.1 Å². The zero-order valence-electron chi connectivity index (χ0n) is 8.82. The number of halogens is 1. The third kappa shape index (κ3) is 2.54. The van der Waals surface area contributed by atoms with Crippen molar-refractivity contribution in [3.05, 3.63) is 28.8 Å². The molecule has 86 valence electrons. The molecule has 1 aliphatic rings. The van der Waals surface area contributed by atoms with Gasteiger partial charge in [0, 0.05) is 12.8 Å². The van der Waals surface area contributed by atoms with Crippen LogP contribution in [0.2, 0.25) is 5.02 Å². The largest absolute Gasteiger partial charge is 0.488 e. The van der Waals surface area contributed by atoms with E-state index in [1.165, 1.54) is 0 Å². The van der Waals surface area contributed by atoms with Crippen molar-refractivity contribution in [1.29, 1.82) is 0 Å². The van der Waals surface area contributed by atoms with Crippen LogP contribution in [0.3, 0.4) is 0 Å². The molecule has 4 heteroatoms. The van der Waals surface area contributed by atoms with Crippen molar-refractivity contribution in [2.24, 2.45) is 0 Å². The molecule has 0 saturated carbocycles. The van der Waals surface area contributed by atoms with Crippen LogP contribution in [0.25, 0.3) is 0 Å². The van der Waals surface area contributed by atoms with Crippen LogP contribution in [0, 0.1) is 0 Å². The molecule has 1 aromatic carbocycles. The summed E-state index contributed by atoms with van der Waals surface area (Å²) in [5, 5.41) is 0.482. The lowest BCUT2D eigenvalue weighted by Gasteiger charge is -2.24. The zero-order chi connectivity index (χ0) is 11.4. The van der Waals surface area contributed by atoms with E-state index in [0.29, 0.717) is 29.5 Å². The molecule has 1 aromatic rings. The summed E-state index contributed by atoms with van der Waals surface area (Å²) in [6, 6.07) is 5.17. The van der Waals surface area contributed by atoms with Gasteiger partial charge >= 0.3 is 0 Å². The molecule has 3 nitrogen and oxygen atoms in total. The number of aldehydes is 1. The Morgan fingerprint density at radius 2 is 2.12 bits per heavy atom. The van der Waals surface area contributed by atoms with Crippen LogP contribution in [-0.2, 0) is 4.74 Å². The number of ether oxygens (including phenoxy) is 2. The quantitative estimate of drug-likeness (QED) is 0.762. The standard InChI is InChI=1S/C12H13ClO3/c13-11-3-1-2-9(8-14)12(11)16-10-4-6-15-7-5-10/h1-3,8,10H,4-7H2. The van der Waals surface area contributed by atoms with Gasteiger partial charge in [-0.2, -0.15) is 0 Å². The highest BCUT2D eigenvalue weighted by Gasteiger charge is 2.18. The molecule has 16 heavy (non-hydrogen) atoms. The second kappa shape index (κ2) is 5.32. The van der Waals surface area contributed by atoms with E-state index in [9.17, 15) is 4.79 Å². The van der Waals surface area contributed by atoms with Crippen LogP contribution in [0.4, 0.5) is 0 Å². The lowest BCUT2D eigenvalue weighted by Crippen LogP contribution is -2.26. The molecule has 1 heterocycles. The maximum absolute atomic E-state index is 10.9. The maximum atomic E-state index is 10.9. The summed E-state index contributed by atoms with van der Waals surface area (Å²) >= 11 is 6.01. The van der Waals surface area contributed by atoms with Crippen LogP contribution in [0.5, 0.6) is 5.75 Å². The normalized spacial score (nSPS) is 17.1. The smallest absolute Gasteiger partial charge is 0.153 e. The molecule has 2 rings (SSSR count). The minimum Gasteiger partial charge on any atom is -0.488 e. The SMILES string of the molecule is O=Cc1cccc(Cl)c1OC1CCOCC1. The van der Waals surface area contributed by atoms with Gasteiger partial charge in [-0.1, -0.05) is 17.7 Å². The predicted molar refractivity (Wildman–Crippen MR) is 61.3 cm³/mol. The highest BCUT2D eigenvalue weighted by atomic mass is 35.5. The Morgan fingerprint density at radius 1 is 1.38 bits per heavy atom. The van der Waals surface area contributed by atoms with Gasteiger partial charge in [-0.3, -0.25) is 4.79 Å². The fourth-order valence-corrected chi connectivity index (χ4v) is 1.93. The van der Waals surface area contributed by atoms with Gasteiger partial charge in [0.1, 0.15) is 11.9 Å². The van der Waals surface area contributed by atoms with Gasteiger partial charge in [-0.25, -0.2) is 0 Å². The molecule has 0 N–H and O–H groups in total. The second-order valence-corrected chi connectivity index (χ2v) is 4.11. The van der Waals surface area contributed by atoms with E-state index in [0.717, 1.165) is 19.1 Å².